The second-order valence-corrected chi connectivity index (χ2v) is 4.18. The zero-order valence-corrected chi connectivity index (χ0v) is 10.5. The minimum absolute atomic E-state index is 0.0559. The lowest BCUT2D eigenvalue weighted by Crippen LogP contribution is -2.12. The number of nitrogens with one attached hydrogen (secondary N) is 1. The van der Waals surface area contributed by atoms with Crippen molar-refractivity contribution in [3.05, 3.63) is 65.2 Å². The van der Waals surface area contributed by atoms with E-state index in [9.17, 15) is 13.6 Å². The fraction of sp³-hybridized carbons (Fsp3) is 0.0714. The average Bonchev–Trinajstić information content (AvgIpc) is 2.42. The van der Waals surface area contributed by atoms with Crippen LogP contribution < -0.4 is 5.32 Å². The summed E-state index contributed by atoms with van der Waals surface area (Å²) in [6.45, 7) is 0. The second-order valence-electron chi connectivity index (χ2n) is 3.91. The number of alkyl halides is 1. The largest absolute Gasteiger partial charge is 0.322 e. The van der Waals surface area contributed by atoms with Gasteiger partial charge in [-0.25, -0.2) is 8.78 Å². The van der Waals surface area contributed by atoms with Crippen LogP contribution in [0.15, 0.2) is 42.5 Å². The van der Waals surface area contributed by atoms with Gasteiger partial charge in [0.2, 0.25) is 0 Å². The van der Waals surface area contributed by atoms with Crippen molar-refractivity contribution in [3.8, 4) is 0 Å². The Labute approximate surface area is 114 Å². The van der Waals surface area contributed by atoms with E-state index in [2.05, 4.69) is 5.32 Å². The molecule has 0 bridgehead atoms. The molecule has 19 heavy (non-hydrogen) atoms. The highest BCUT2D eigenvalue weighted by molar-refractivity contribution is 6.17. The molecule has 0 unspecified atom stereocenters. The first kappa shape index (κ1) is 13.5. The summed E-state index contributed by atoms with van der Waals surface area (Å²) in [5.74, 6) is -2.15. The highest BCUT2D eigenvalue weighted by Crippen LogP contribution is 2.14. The van der Waals surface area contributed by atoms with Gasteiger partial charge in [-0.2, -0.15) is 0 Å². The molecule has 0 atom stereocenters. The highest BCUT2D eigenvalue weighted by Gasteiger charge is 2.09. The molecule has 0 aliphatic heterocycles. The van der Waals surface area contributed by atoms with Crippen LogP contribution in [0.3, 0.4) is 0 Å². The zero-order valence-electron chi connectivity index (χ0n) is 9.79. The first-order valence-corrected chi connectivity index (χ1v) is 6.05. The summed E-state index contributed by atoms with van der Waals surface area (Å²) < 4.78 is 25.8. The zero-order chi connectivity index (χ0) is 13.8. The Balaban J connectivity index is 2.13. The summed E-state index contributed by atoms with van der Waals surface area (Å²) in [7, 11) is 0. The van der Waals surface area contributed by atoms with E-state index in [1.807, 2.05) is 0 Å². The summed E-state index contributed by atoms with van der Waals surface area (Å²) in [5, 5.41) is 2.59. The molecule has 0 aromatic heterocycles. The van der Waals surface area contributed by atoms with Crippen molar-refractivity contribution in [2.24, 2.45) is 0 Å². The summed E-state index contributed by atoms with van der Waals surface area (Å²) in [6.07, 6.45) is 0. The van der Waals surface area contributed by atoms with E-state index < -0.39 is 17.5 Å². The molecule has 0 aliphatic carbocycles. The van der Waals surface area contributed by atoms with E-state index in [-0.39, 0.29) is 5.56 Å². The molecule has 0 aliphatic rings. The maximum Gasteiger partial charge on any atom is 0.255 e. The minimum atomic E-state index is -1.05. The number of carbonyl (C=O) groups excluding carboxylic acids is 1. The number of carbonyl (C=O) groups is 1. The van der Waals surface area contributed by atoms with Crippen molar-refractivity contribution >= 4 is 23.2 Å². The molecule has 0 heterocycles. The van der Waals surface area contributed by atoms with Gasteiger partial charge >= 0.3 is 0 Å². The molecular formula is C14H10ClF2NO. The molecule has 0 spiro atoms. The van der Waals surface area contributed by atoms with Crippen molar-refractivity contribution in [1.29, 1.82) is 0 Å². The monoisotopic (exact) mass is 281 g/mol. The molecular weight excluding hydrogens is 272 g/mol. The summed E-state index contributed by atoms with van der Waals surface area (Å²) >= 11 is 5.65. The first-order valence-electron chi connectivity index (χ1n) is 5.51. The van der Waals surface area contributed by atoms with Gasteiger partial charge in [0.05, 0.1) is 0 Å². The topological polar surface area (TPSA) is 29.1 Å². The minimum Gasteiger partial charge on any atom is -0.322 e. The number of hydrogen-bond donors (Lipinski definition) is 1. The van der Waals surface area contributed by atoms with E-state index in [1.54, 1.807) is 24.3 Å². The summed E-state index contributed by atoms with van der Waals surface area (Å²) in [6, 6.07) is 9.92. The Morgan fingerprint density at radius 2 is 1.74 bits per heavy atom. The van der Waals surface area contributed by atoms with Crippen LogP contribution in [0.5, 0.6) is 0 Å². The quantitative estimate of drug-likeness (QED) is 0.848. The number of benzene rings is 2. The van der Waals surface area contributed by atoms with Gasteiger partial charge < -0.3 is 5.32 Å². The van der Waals surface area contributed by atoms with Gasteiger partial charge in [-0.3, -0.25) is 4.79 Å². The fourth-order valence-corrected chi connectivity index (χ4v) is 1.70. The van der Waals surface area contributed by atoms with Crippen LogP contribution in [0.4, 0.5) is 14.5 Å². The van der Waals surface area contributed by atoms with Crippen molar-refractivity contribution in [2.45, 2.75) is 5.88 Å². The van der Waals surface area contributed by atoms with E-state index in [0.717, 1.165) is 17.7 Å². The van der Waals surface area contributed by atoms with Crippen LogP contribution in [0.1, 0.15) is 15.9 Å². The standard InChI is InChI=1S/C14H10ClF2NO/c15-8-9-1-4-11(5-2-9)18-14(19)10-3-6-12(16)13(17)7-10/h1-7H,8H2,(H,18,19). The summed E-state index contributed by atoms with van der Waals surface area (Å²) in [5.41, 5.74) is 1.54. The maximum atomic E-state index is 13.0. The van der Waals surface area contributed by atoms with Crippen LogP contribution in [-0.2, 0) is 5.88 Å². The van der Waals surface area contributed by atoms with Crippen LogP contribution >= 0.6 is 11.6 Å². The molecule has 0 fully saturated rings. The number of amides is 1. The van der Waals surface area contributed by atoms with Crippen LogP contribution in [0.2, 0.25) is 0 Å². The molecule has 2 rings (SSSR count). The average molecular weight is 282 g/mol. The van der Waals surface area contributed by atoms with E-state index >= 15 is 0 Å². The van der Waals surface area contributed by atoms with Crippen molar-refractivity contribution in [3.63, 3.8) is 0 Å². The third-order valence-corrected chi connectivity index (χ3v) is 2.86. The van der Waals surface area contributed by atoms with Gasteiger partial charge in [-0.1, -0.05) is 12.1 Å². The maximum absolute atomic E-state index is 13.0. The lowest BCUT2D eigenvalue weighted by atomic mass is 10.2. The van der Waals surface area contributed by atoms with Crippen LogP contribution in [-0.4, -0.2) is 5.91 Å². The predicted molar refractivity (Wildman–Crippen MR) is 70.3 cm³/mol. The van der Waals surface area contributed by atoms with Crippen LogP contribution in [0.25, 0.3) is 0 Å². The molecule has 0 radical (unpaired) electrons. The number of rotatable bonds is 3. The molecule has 2 aromatic rings. The third kappa shape index (κ3) is 3.29. The van der Waals surface area contributed by atoms with Crippen LogP contribution in [0, 0.1) is 11.6 Å². The Morgan fingerprint density at radius 1 is 1.05 bits per heavy atom. The van der Waals surface area contributed by atoms with Gasteiger partial charge in [-0.05, 0) is 35.9 Å². The third-order valence-electron chi connectivity index (χ3n) is 2.55. The Bertz CT molecular complexity index is 599. The SMILES string of the molecule is O=C(Nc1ccc(CCl)cc1)c1ccc(F)c(F)c1. The van der Waals surface area contributed by atoms with Gasteiger partial charge in [0, 0.05) is 17.1 Å². The van der Waals surface area contributed by atoms with Gasteiger partial charge in [0.15, 0.2) is 11.6 Å². The number of halogens is 3. The van der Waals surface area contributed by atoms with Gasteiger partial charge in [0.25, 0.3) is 5.91 Å². The van der Waals surface area contributed by atoms with Gasteiger partial charge in [-0.15, -0.1) is 11.6 Å². The molecule has 0 saturated carbocycles. The van der Waals surface area contributed by atoms with Crippen molar-refractivity contribution in [1.82, 2.24) is 0 Å². The number of hydrogen-bond acceptors (Lipinski definition) is 1. The molecule has 5 heteroatoms. The molecule has 1 amide bonds. The molecule has 1 N–H and O–H groups in total. The Kier molecular flexibility index (Phi) is 4.12. The van der Waals surface area contributed by atoms with E-state index in [4.69, 9.17) is 11.6 Å². The van der Waals surface area contributed by atoms with E-state index in [1.165, 1.54) is 6.07 Å². The summed E-state index contributed by atoms with van der Waals surface area (Å²) in [4.78, 5) is 11.8. The Morgan fingerprint density at radius 3 is 2.32 bits per heavy atom. The highest BCUT2D eigenvalue weighted by atomic mass is 35.5. The molecule has 98 valence electrons. The smallest absolute Gasteiger partial charge is 0.255 e. The second kappa shape index (κ2) is 5.80. The number of anilines is 1. The normalized spacial score (nSPS) is 10.3. The Hall–Kier alpha value is -1.94. The molecule has 2 aromatic carbocycles. The predicted octanol–water partition coefficient (Wildman–Crippen LogP) is 3.96. The first-order chi connectivity index (χ1) is 9.10. The molecule has 0 saturated heterocycles. The van der Waals surface area contributed by atoms with Crippen molar-refractivity contribution in [2.75, 3.05) is 5.32 Å². The van der Waals surface area contributed by atoms with E-state index in [0.29, 0.717) is 11.6 Å². The van der Waals surface area contributed by atoms with Crippen molar-refractivity contribution < 1.29 is 13.6 Å². The van der Waals surface area contributed by atoms with Gasteiger partial charge in [0.1, 0.15) is 0 Å². The molecule has 2 nitrogen and oxygen atoms in total. The lowest BCUT2D eigenvalue weighted by molar-refractivity contribution is 0.102. The lowest BCUT2D eigenvalue weighted by Gasteiger charge is -2.06. The fourth-order valence-electron chi connectivity index (χ4n) is 1.52.